The first kappa shape index (κ1) is 25.5. The van der Waals surface area contributed by atoms with Crippen molar-refractivity contribution in [3.05, 3.63) is 71.7 Å². The summed E-state index contributed by atoms with van der Waals surface area (Å²) in [4.78, 5) is 28.7. The van der Waals surface area contributed by atoms with Crippen LogP contribution >= 0.6 is 0 Å². The largest absolute Gasteiger partial charge is 0.493 e. The predicted octanol–water partition coefficient (Wildman–Crippen LogP) is 3.91. The number of pyridine rings is 1. The van der Waals surface area contributed by atoms with Crippen LogP contribution in [-0.4, -0.2) is 48.0 Å². The van der Waals surface area contributed by atoms with Crippen molar-refractivity contribution in [1.29, 1.82) is 5.41 Å². The number of ether oxygens (including phenoxy) is 2. The molecule has 2 amide bonds. The average Bonchev–Trinajstić information content (AvgIpc) is 2.90. The molecule has 12 heteroatoms. The lowest BCUT2D eigenvalue weighted by Gasteiger charge is -2.37. The molecule has 10 nitrogen and oxygen atoms in total. The van der Waals surface area contributed by atoms with Gasteiger partial charge in [0.25, 0.3) is 0 Å². The van der Waals surface area contributed by atoms with Gasteiger partial charge >= 0.3 is 6.03 Å². The Labute approximate surface area is 212 Å². The first-order chi connectivity index (χ1) is 17.8. The third-order valence-electron chi connectivity index (χ3n) is 5.79. The van der Waals surface area contributed by atoms with Gasteiger partial charge in [0.05, 0.1) is 38.7 Å². The normalized spacial score (nSPS) is 13.4. The number of fused-ring (bicyclic) bond motifs is 1. The SMILES string of the molecule is CN/C=C(\C(C)=N)c1cc2c(cn1)CN(c1c(F)c(OC)cc(OC)c1F)C(=O)N2Cc1cncnc1. The maximum atomic E-state index is 15.4. The molecule has 2 N–H and O–H groups in total. The lowest BCUT2D eigenvalue weighted by atomic mass is 10.0. The number of aromatic nitrogens is 3. The molecule has 1 aromatic carbocycles. The molecule has 0 bridgehead atoms. The number of allylic oxidation sites excluding steroid dienone is 1. The molecule has 1 aliphatic heterocycles. The number of benzene rings is 1. The van der Waals surface area contributed by atoms with Crippen LogP contribution in [0.1, 0.15) is 23.7 Å². The number of methoxy groups -OCH3 is 2. The molecule has 4 rings (SSSR count). The number of hydrogen-bond donors (Lipinski definition) is 2. The minimum atomic E-state index is -1.04. The van der Waals surface area contributed by atoms with Crippen molar-refractivity contribution < 1.29 is 23.0 Å². The van der Waals surface area contributed by atoms with E-state index in [9.17, 15) is 4.79 Å². The molecular formula is C25H25F2N7O3. The summed E-state index contributed by atoms with van der Waals surface area (Å²) in [5.41, 5.74) is 2.26. The number of urea groups is 1. The number of nitrogens with one attached hydrogen (secondary N) is 2. The van der Waals surface area contributed by atoms with E-state index in [0.717, 1.165) is 11.0 Å². The molecule has 0 saturated heterocycles. The third kappa shape index (κ3) is 4.77. The number of rotatable bonds is 8. The lowest BCUT2D eigenvalue weighted by Crippen LogP contribution is -2.48. The molecule has 1 aliphatic rings. The summed E-state index contributed by atoms with van der Waals surface area (Å²) >= 11 is 0. The molecule has 2 aromatic heterocycles. The standard InChI is InChI=1S/C25H25F2N7O3/c1-14(28)17(10-29-2)18-5-19-16(9-32-18)12-34(25(35)33(19)11-15-7-30-13-31-8-15)24-22(26)20(36-3)6-21(37-4)23(24)27/h5-10,13,28-29H,11-12H2,1-4H3/b17-10+,28-14?. The van der Waals surface area contributed by atoms with Crippen LogP contribution in [0.3, 0.4) is 0 Å². The van der Waals surface area contributed by atoms with Gasteiger partial charge in [0, 0.05) is 60.3 Å². The Morgan fingerprint density at radius 3 is 2.35 bits per heavy atom. The fourth-order valence-electron chi connectivity index (χ4n) is 4.03. The maximum Gasteiger partial charge on any atom is 0.329 e. The highest BCUT2D eigenvalue weighted by Crippen LogP contribution is 2.41. The summed E-state index contributed by atoms with van der Waals surface area (Å²) in [6.45, 7) is 1.48. The zero-order valence-corrected chi connectivity index (χ0v) is 20.7. The van der Waals surface area contributed by atoms with Crippen molar-refractivity contribution in [1.82, 2.24) is 20.3 Å². The number of carbonyl (C=O) groups is 1. The number of amides is 2. The Morgan fingerprint density at radius 1 is 1.14 bits per heavy atom. The quantitative estimate of drug-likeness (QED) is 0.442. The van der Waals surface area contributed by atoms with Crippen LogP contribution < -0.4 is 24.6 Å². The molecule has 0 atom stereocenters. The summed E-state index contributed by atoms with van der Waals surface area (Å²) in [6.07, 6.45) is 7.61. The monoisotopic (exact) mass is 509 g/mol. The number of anilines is 2. The molecule has 192 valence electrons. The molecular weight excluding hydrogens is 484 g/mol. The van der Waals surface area contributed by atoms with Gasteiger partial charge in [-0.05, 0) is 13.0 Å². The molecule has 3 aromatic rings. The first-order valence-corrected chi connectivity index (χ1v) is 11.2. The summed E-state index contributed by atoms with van der Waals surface area (Å²) in [5, 5.41) is 11.0. The van der Waals surface area contributed by atoms with Crippen molar-refractivity contribution in [2.45, 2.75) is 20.0 Å². The van der Waals surface area contributed by atoms with Crippen LogP contribution in [0.4, 0.5) is 25.0 Å². The van der Waals surface area contributed by atoms with E-state index in [1.54, 1.807) is 38.6 Å². The summed E-state index contributed by atoms with van der Waals surface area (Å²) in [6, 6.07) is 2.07. The zero-order valence-electron chi connectivity index (χ0n) is 20.7. The Hall–Kier alpha value is -4.61. The van der Waals surface area contributed by atoms with Gasteiger partial charge in [0.15, 0.2) is 23.1 Å². The molecule has 0 unspecified atom stereocenters. The molecule has 0 fully saturated rings. The molecule has 3 heterocycles. The number of carbonyl (C=O) groups excluding carboxylic acids is 1. The highest BCUT2D eigenvalue weighted by molar-refractivity contribution is 6.20. The number of hydrogen-bond acceptors (Lipinski definition) is 8. The topological polar surface area (TPSA) is 117 Å². The molecule has 37 heavy (non-hydrogen) atoms. The summed E-state index contributed by atoms with van der Waals surface area (Å²) < 4.78 is 40.9. The van der Waals surface area contributed by atoms with Gasteiger partial charge in [-0.3, -0.25) is 14.8 Å². The van der Waals surface area contributed by atoms with E-state index in [2.05, 4.69) is 20.3 Å². The zero-order chi connectivity index (χ0) is 26.7. The minimum absolute atomic E-state index is 0.0195. The second kappa shape index (κ2) is 10.6. The van der Waals surface area contributed by atoms with Gasteiger partial charge in [-0.25, -0.2) is 23.5 Å². The molecule has 0 radical (unpaired) electrons. The van der Waals surface area contributed by atoms with Crippen LogP contribution in [-0.2, 0) is 13.1 Å². The van der Waals surface area contributed by atoms with Gasteiger partial charge in [0.1, 0.15) is 12.0 Å². The van der Waals surface area contributed by atoms with E-state index >= 15 is 8.78 Å². The van der Waals surface area contributed by atoms with Gasteiger partial charge in [0.2, 0.25) is 0 Å². The van der Waals surface area contributed by atoms with Crippen molar-refractivity contribution in [3.8, 4) is 11.5 Å². The fourth-order valence-corrected chi connectivity index (χ4v) is 4.03. The smallest absolute Gasteiger partial charge is 0.329 e. The lowest BCUT2D eigenvalue weighted by molar-refractivity contribution is 0.249. The van der Waals surface area contributed by atoms with Crippen LogP contribution in [0.2, 0.25) is 0 Å². The predicted molar refractivity (Wildman–Crippen MR) is 134 cm³/mol. The maximum absolute atomic E-state index is 15.4. The van der Waals surface area contributed by atoms with Crippen molar-refractivity contribution >= 4 is 28.7 Å². The van der Waals surface area contributed by atoms with E-state index < -0.39 is 23.4 Å². The van der Waals surface area contributed by atoms with E-state index in [-0.39, 0.29) is 30.3 Å². The average molecular weight is 510 g/mol. The molecule has 0 aliphatic carbocycles. The van der Waals surface area contributed by atoms with E-state index in [0.29, 0.717) is 28.1 Å². The molecule has 0 saturated carbocycles. The molecule has 0 spiro atoms. The van der Waals surface area contributed by atoms with Gasteiger partial charge < -0.3 is 20.2 Å². The highest BCUT2D eigenvalue weighted by atomic mass is 19.1. The Bertz CT molecular complexity index is 1350. The van der Waals surface area contributed by atoms with Crippen molar-refractivity contribution in [2.24, 2.45) is 0 Å². The Kier molecular flexibility index (Phi) is 7.27. The van der Waals surface area contributed by atoms with Gasteiger partial charge in [-0.15, -0.1) is 0 Å². The van der Waals surface area contributed by atoms with Gasteiger partial charge in [-0.2, -0.15) is 0 Å². The Balaban J connectivity index is 1.89. The summed E-state index contributed by atoms with van der Waals surface area (Å²) in [5.74, 6) is -2.62. The van der Waals surface area contributed by atoms with Gasteiger partial charge in [-0.1, -0.05) is 0 Å². The van der Waals surface area contributed by atoms with Crippen LogP contribution in [0.15, 0.2) is 43.3 Å². The minimum Gasteiger partial charge on any atom is -0.493 e. The van der Waals surface area contributed by atoms with Crippen LogP contribution in [0.5, 0.6) is 11.5 Å². The highest BCUT2D eigenvalue weighted by Gasteiger charge is 2.37. The van der Waals surface area contributed by atoms with E-state index in [1.165, 1.54) is 31.6 Å². The fraction of sp³-hybridized carbons (Fsp3) is 0.240. The van der Waals surface area contributed by atoms with E-state index in [4.69, 9.17) is 14.9 Å². The number of nitrogens with zero attached hydrogens (tertiary/aromatic N) is 5. The number of halogens is 2. The van der Waals surface area contributed by atoms with Crippen molar-refractivity contribution in [2.75, 3.05) is 31.1 Å². The van der Waals surface area contributed by atoms with E-state index in [1.807, 2.05) is 0 Å². The Morgan fingerprint density at radius 2 is 1.78 bits per heavy atom. The van der Waals surface area contributed by atoms with Crippen LogP contribution in [0, 0.1) is 17.0 Å². The first-order valence-electron chi connectivity index (χ1n) is 11.2. The second-order valence-electron chi connectivity index (χ2n) is 8.13. The second-order valence-corrected chi connectivity index (χ2v) is 8.13. The van der Waals surface area contributed by atoms with Crippen LogP contribution in [0.25, 0.3) is 5.57 Å². The summed E-state index contributed by atoms with van der Waals surface area (Å²) in [7, 11) is 4.18. The third-order valence-corrected chi connectivity index (χ3v) is 5.79. The van der Waals surface area contributed by atoms with Crippen molar-refractivity contribution in [3.63, 3.8) is 0 Å².